The van der Waals surface area contributed by atoms with E-state index in [1.807, 2.05) is 0 Å². The topological polar surface area (TPSA) is 67.4 Å². The highest BCUT2D eigenvalue weighted by Crippen LogP contribution is 2.30. The monoisotopic (exact) mass is 310 g/mol. The molecule has 116 valence electrons. The molecular weight excluding hydrogens is 288 g/mol. The first-order valence-electron chi connectivity index (χ1n) is 7.59. The zero-order chi connectivity index (χ0) is 14.9. The van der Waals surface area contributed by atoms with Crippen molar-refractivity contribution in [3.05, 3.63) is 18.2 Å². The SMILES string of the molecule is CC1CCCCC1NS(=O)(=O)c1ccc2c(c1)NCCO2. The molecule has 1 aliphatic heterocycles. The third kappa shape index (κ3) is 3.16. The van der Waals surface area contributed by atoms with Crippen LogP contribution in [0.1, 0.15) is 32.6 Å². The highest BCUT2D eigenvalue weighted by Gasteiger charge is 2.27. The Hall–Kier alpha value is -1.27. The molecule has 0 spiro atoms. The summed E-state index contributed by atoms with van der Waals surface area (Å²) in [5.74, 6) is 1.11. The lowest BCUT2D eigenvalue weighted by Gasteiger charge is -2.29. The van der Waals surface area contributed by atoms with Crippen molar-refractivity contribution in [3.63, 3.8) is 0 Å². The van der Waals surface area contributed by atoms with Crippen LogP contribution in [0.25, 0.3) is 0 Å². The van der Waals surface area contributed by atoms with Crippen molar-refractivity contribution in [2.24, 2.45) is 5.92 Å². The largest absolute Gasteiger partial charge is 0.490 e. The number of benzene rings is 1. The van der Waals surface area contributed by atoms with Gasteiger partial charge < -0.3 is 10.1 Å². The summed E-state index contributed by atoms with van der Waals surface area (Å²) in [6, 6.07) is 5.04. The molecule has 21 heavy (non-hydrogen) atoms. The number of anilines is 1. The van der Waals surface area contributed by atoms with Crippen molar-refractivity contribution in [2.75, 3.05) is 18.5 Å². The average Bonchev–Trinajstić information content (AvgIpc) is 2.49. The number of sulfonamides is 1. The molecule has 2 unspecified atom stereocenters. The van der Waals surface area contributed by atoms with E-state index >= 15 is 0 Å². The lowest BCUT2D eigenvalue weighted by molar-refractivity contribution is 0.310. The molecule has 2 N–H and O–H groups in total. The Kier molecular flexibility index (Phi) is 4.08. The lowest BCUT2D eigenvalue weighted by atomic mass is 9.87. The smallest absolute Gasteiger partial charge is 0.240 e. The van der Waals surface area contributed by atoms with Gasteiger partial charge in [0.2, 0.25) is 10.0 Å². The Labute approximate surface area is 126 Å². The average molecular weight is 310 g/mol. The van der Waals surface area contributed by atoms with Gasteiger partial charge in [-0.25, -0.2) is 13.1 Å². The van der Waals surface area contributed by atoms with Crippen LogP contribution in [0.4, 0.5) is 5.69 Å². The van der Waals surface area contributed by atoms with Gasteiger partial charge in [-0.2, -0.15) is 0 Å². The molecule has 1 aromatic carbocycles. The molecule has 0 radical (unpaired) electrons. The quantitative estimate of drug-likeness (QED) is 0.899. The first-order valence-corrected chi connectivity index (χ1v) is 9.07. The van der Waals surface area contributed by atoms with Crippen LogP contribution in [-0.4, -0.2) is 27.6 Å². The summed E-state index contributed by atoms with van der Waals surface area (Å²) in [5.41, 5.74) is 0.751. The normalized spacial score (nSPS) is 25.6. The Morgan fingerprint density at radius 2 is 2.10 bits per heavy atom. The zero-order valence-corrected chi connectivity index (χ0v) is 13.1. The zero-order valence-electron chi connectivity index (χ0n) is 12.3. The van der Waals surface area contributed by atoms with E-state index in [4.69, 9.17) is 4.74 Å². The first-order chi connectivity index (χ1) is 10.1. The van der Waals surface area contributed by atoms with Gasteiger partial charge in [-0.05, 0) is 37.0 Å². The van der Waals surface area contributed by atoms with Crippen molar-refractivity contribution in [1.82, 2.24) is 4.72 Å². The van der Waals surface area contributed by atoms with Gasteiger partial charge in [-0.3, -0.25) is 0 Å². The molecule has 1 saturated carbocycles. The third-order valence-corrected chi connectivity index (χ3v) is 5.84. The van der Waals surface area contributed by atoms with Gasteiger partial charge in [0, 0.05) is 12.6 Å². The summed E-state index contributed by atoms with van der Waals surface area (Å²) in [7, 11) is -3.47. The second kappa shape index (κ2) is 5.85. The maximum absolute atomic E-state index is 12.6. The van der Waals surface area contributed by atoms with Crippen LogP contribution in [0.15, 0.2) is 23.1 Å². The van der Waals surface area contributed by atoms with Gasteiger partial charge in [-0.1, -0.05) is 19.8 Å². The number of hydrogen-bond donors (Lipinski definition) is 2. The van der Waals surface area contributed by atoms with Crippen molar-refractivity contribution in [1.29, 1.82) is 0 Å². The lowest BCUT2D eigenvalue weighted by Crippen LogP contribution is -2.41. The Bertz CT molecular complexity index is 615. The van der Waals surface area contributed by atoms with Crippen molar-refractivity contribution >= 4 is 15.7 Å². The number of ether oxygens (including phenoxy) is 1. The van der Waals surface area contributed by atoms with E-state index in [0.29, 0.717) is 29.7 Å². The van der Waals surface area contributed by atoms with Crippen LogP contribution in [0.5, 0.6) is 5.75 Å². The molecule has 2 atom stereocenters. The third-order valence-electron chi connectivity index (χ3n) is 4.35. The highest BCUT2D eigenvalue weighted by atomic mass is 32.2. The number of hydrogen-bond acceptors (Lipinski definition) is 4. The van der Waals surface area contributed by atoms with Crippen LogP contribution in [0, 0.1) is 5.92 Å². The molecular formula is C15H22N2O3S. The Morgan fingerprint density at radius 3 is 2.90 bits per heavy atom. The minimum absolute atomic E-state index is 0.0454. The number of rotatable bonds is 3. The van der Waals surface area contributed by atoms with Crippen molar-refractivity contribution in [3.8, 4) is 5.75 Å². The predicted octanol–water partition coefficient (Wildman–Crippen LogP) is 2.35. The van der Waals surface area contributed by atoms with Gasteiger partial charge in [0.1, 0.15) is 12.4 Å². The second-order valence-corrected chi connectivity index (χ2v) is 7.64. The predicted molar refractivity (Wildman–Crippen MR) is 82.2 cm³/mol. The summed E-state index contributed by atoms with van der Waals surface area (Å²) < 4.78 is 33.5. The summed E-state index contributed by atoms with van der Waals surface area (Å²) in [6.07, 6.45) is 4.30. The fraction of sp³-hybridized carbons (Fsp3) is 0.600. The van der Waals surface area contributed by atoms with E-state index in [-0.39, 0.29) is 6.04 Å². The van der Waals surface area contributed by atoms with Crippen LogP contribution in [-0.2, 0) is 10.0 Å². The van der Waals surface area contributed by atoms with E-state index in [1.54, 1.807) is 18.2 Å². The van der Waals surface area contributed by atoms with E-state index in [2.05, 4.69) is 17.0 Å². The van der Waals surface area contributed by atoms with Gasteiger partial charge in [0.25, 0.3) is 0 Å². The van der Waals surface area contributed by atoms with Crippen LogP contribution in [0.2, 0.25) is 0 Å². The van der Waals surface area contributed by atoms with Crippen LogP contribution in [0.3, 0.4) is 0 Å². The van der Waals surface area contributed by atoms with Gasteiger partial charge in [0.15, 0.2) is 0 Å². The molecule has 0 bridgehead atoms. The van der Waals surface area contributed by atoms with Gasteiger partial charge >= 0.3 is 0 Å². The number of nitrogens with one attached hydrogen (secondary N) is 2. The Morgan fingerprint density at radius 1 is 1.29 bits per heavy atom. The summed E-state index contributed by atoms with van der Waals surface area (Å²) in [4.78, 5) is 0.303. The Balaban J connectivity index is 1.81. The molecule has 2 aliphatic rings. The summed E-state index contributed by atoms with van der Waals surface area (Å²) in [5, 5.41) is 3.17. The van der Waals surface area contributed by atoms with E-state index in [0.717, 1.165) is 24.9 Å². The molecule has 1 fully saturated rings. The van der Waals surface area contributed by atoms with Gasteiger partial charge in [0.05, 0.1) is 10.6 Å². The van der Waals surface area contributed by atoms with E-state index < -0.39 is 10.0 Å². The summed E-state index contributed by atoms with van der Waals surface area (Å²) in [6.45, 7) is 3.43. The van der Waals surface area contributed by atoms with E-state index in [1.165, 1.54) is 6.42 Å². The fourth-order valence-electron chi connectivity index (χ4n) is 3.05. The maximum Gasteiger partial charge on any atom is 0.240 e. The first kappa shape index (κ1) is 14.7. The minimum atomic E-state index is -3.47. The van der Waals surface area contributed by atoms with Gasteiger partial charge in [-0.15, -0.1) is 0 Å². The number of fused-ring (bicyclic) bond motifs is 1. The molecule has 5 nitrogen and oxygen atoms in total. The molecule has 1 aromatic rings. The molecule has 6 heteroatoms. The highest BCUT2D eigenvalue weighted by molar-refractivity contribution is 7.89. The van der Waals surface area contributed by atoms with Crippen molar-refractivity contribution < 1.29 is 13.2 Å². The maximum atomic E-state index is 12.6. The molecule has 0 saturated heterocycles. The molecule has 3 rings (SSSR count). The van der Waals surface area contributed by atoms with E-state index in [9.17, 15) is 8.42 Å². The molecule has 1 heterocycles. The van der Waals surface area contributed by atoms with Crippen LogP contribution < -0.4 is 14.8 Å². The summed E-state index contributed by atoms with van der Waals surface area (Å²) >= 11 is 0. The minimum Gasteiger partial charge on any atom is -0.490 e. The second-order valence-electron chi connectivity index (χ2n) is 5.92. The fourth-order valence-corrected chi connectivity index (χ4v) is 4.45. The molecule has 0 amide bonds. The van der Waals surface area contributed by atoms with Crippen molar-refractivity contribution in [2.45, 2.75) is 43.5 Å². The van der Waals surface area contributed by atoms with Crippen LogP contribution >= 0.6 is 0 Å². The molecule has 1 aliphatic carbocycles. The standard InChI is InChI=1S/C15H22N2O3S/c1-11-4-2-3-5-13(11)17-21(18,19)12-6-7-15-14(10-12)16-8-9-20-15/h6-7,10-11,13,16-17H,2-5,8-9H2,1H3. The molecule has 0 aromatic heterocycles.